The lowest BCUT2D eigenvalue weighted by atomic mass is 10.1. The van der Waals surface area contributed by atoms with Gasteiger partial charge in [0.05, 0.1) is 12.1 Å². The molecule has 0 radical (unpaired) electrons. The van der Waals surface area contributed by atoms with E-state index < -0.39 is 11.7 Å². The molecule has 0 atom stereocenters. The second-order valence-electron chi connectivity index (χ2n) is 4.41. The molecule has 4 nitrogen and oxygen atoms in total. The van der Waals surface area contributed by atoms with E-state index in [-0.39, 0.29) is 5.89 Å². The molecule has 0 bridgehead atoms. The zero-order valence-corrected chi connectivity index (χ0v) is 11.1. The molecule has 108 valence electrons. The molecule has 20 heavy (non-hydrogen) atoms. The number of halogens is 3. The van der Waals surface area contributed by atoms with E-state index in [1.807, 2.05) is 18.9 Å². The molecule has 0 unspecified atom stereocenters. The average Bonchev–Trinajstić information content (AvgIpc) is 2.86. The number of nitrogens with zero attached hydrogens (tertiary/aromatic N) is 3. The molecule has 0 aliphatic heterocycles. The maximum absolute atomic E-state index is 12.5. The van der Waals surface area contributed by atoms with Crippen LogP contribution in [0, 0.1) is 0 Å². The fourth-order valence-corrected chi connectivity index (χ4v) is 1.58. The van der Waals surface area contributed by atoms with Gasteiger partial charge in [0.15, 0.2) is 0 Å². The Morgan fingerprint density at radius 1 is 1.15 bits per heavy atom. The Morgan fingerprint density at radius 2 is 1.80 bits per heavy atom. The summed E-state index contributed by atoms with van der Waals surface area (Å²) in [4.78, 5) is 1.98. The fraction of sp³-hybridized carbons (Fsp3) is 0.385. The van der Waals surface area contributed by atoms with Crippen LogP contribution in [0.1, 0.15) is 18.4 Å². The van der Waals surface area contributed by atoms with Gasteiger partial charge in [0.1, 0.15) is 0 Å². The first-order chi connectivity index (χ1) is 9.40. The summed E-state index contributed by atoms with van der Waals surface area (Å²) in [5, 5.41) is 7.71. The van der Waals surface area contributed by atoms with Crippen LogP contribution in [0.5, 0.6) is 0 Å². The maximum atomic E-state index is 12.5. The predicted octanol–water partition coefficient (Wildman–Crippen LogP) is 3.21. The highest BCUT2D eigenvalue weighted by Gasteiger charge is 2.30. The zero-order valence-electron chi connectivity index (χ0n) is 11.1. The van der Waals surface area contributed by atoms with Gasteiger partial charge in [-0.15, -0.1) is 10.2 Å². The van der Waals surface area contributed by atoms with Crippen LogP contribution < -0.4 is 0 Å². The number of alkyl halides is 3. The van der Waals surface area contributed by atoms with E-state index in [9.17, 15) is 13.2 Å². The van der Waals surface area contributed by atoms with E-state index in [4.69, 9.17) is 4.42 Å². The summed E-state index contributed by atoms with van der Waals surface area (Å²) in [5.41, 5.74) is -0.234. The van der Waals surface area contributed by atoms with Crippen molar-refractivity contribution in [1.82, 2.24) is 15.1 Å². The summed E-state index contributed by atoms with van der Waals surface area (Å²) in [6.45, 7) is 3.33. The highest BCUT2D eigenvalue weighted by Crippen LogP contribution is 2.30. The first-order valence-electron chi connectivity index (χ1n) is 6.08. The molecule has 1 aromatic carbocycles. The molecule has 0 aliphatic rings. The van der Waals surface area contributed by atoms with E-state index in [0.29, 0.717) is 18.0 Å². The Balaban J connectivity index is 2.16. The van der Waals surface area contributed by atoms with Gasteiger partial charge in [-0.25, -0.2) is 0 Å². The number of hydrogen-bond donors (Lipinski definition) is 0. The number of rotatable bonds is 4. The van der Waals surface area contributed by atoms with Crippen molar-refractivity contribution >= 4 is 0 Å². The molecule has 0 spiro atoms. The molecule has 7 heteroatoms. The van der Waals surface area contributed by atoms with Crippen molar-refractivity contribution in [3.05, 3.63) is 35.7 Å². The van der Waals surface area contributed by atoms with Crippen molar-refractivity contribution in [2.45, 2.75) is 19.6 Å². The lowest BCUT2D eigenvalue weighted by molar-refractivity contribution is -0.137. The summed E-state index contributed by atoms with van der Waals surface area (Å²) in [7, 11) is 1.90. The quantitative estimate of drug-likeness (QED) is 0.865. The first-order valence-corrected chi connectivity index (χ1v) is 6.08. The molecule has 1 aromatic heterocycles. The SMILES string of the molecule is CCN(C)Cc1nnc(-c2ccc(C(F)(F)F)cc2)o1. The second-order valence-corrected chi connectivity index (χ2v) is 4.41. The van der Waals surface area contributed by atoms with E-state index in [0.717, 1.165) is 18.7 Å². The normalized spacial score (nSPS) is 12.1. The van der Waals surface area contributed by atoms with Crippen LogP contribution in [-0.2, 0) is 12.7 Å². The van der Waals surface area contributed by atoms with Crippen LogP contribution in [-0.4, -0.2) is 28.7 Å². The summed E-state index contributed by atoms with van der Waals surface area (Å²) in [6.07, 6.45) is -4.34. The third-order valence-electron chi connectivity index (χ3n) is 2.87. The van der Waals surface area contributed by atoms with E-state index >= 15 is 0 Å². The van der Waals surface area contributed by atoms with Crippen LogP contribution in [0.2, 0.25) is 0 Å². The monoisotopic (exact) mass is 285 g/mol. The minimum absolute atomic E-state index is 0.221. The maximum Gasteiger partial charge on any atom is 0.416 e. The third kappa shape index (κ3) is 3.36. The standard InChI is InChI=1S/C13H14F3N3O/c1-3-19(2)8-11-17-18-12(20-11)9-4-6-10(7-5-9)13(14,15)16/h4-7H,3,8H2,1-2H3. The van der Waals surface area contributed by atoms with Gasteiger partial charge in [0, 0.05) is 5.56 Å². The Labute approximate surface area is 114 Å². The molecule has 0 saturated heterocycles. The molecule has 2 rings (SSSR count). The molecular formula is C13H14F3N3O. The Bertz CT molecular complexity index is 563. The van der Waals surface area contributed by atoms with E-state index in [1.165, 1.54) is 12.1 Å². The van der Waals surface area contributed by atoms with Gasteiger partial charge in [-0.05, 0) is 37.9 Å². The molecule has 1 heterocycles. The van der Waals surface area contributed by atoms with Gasteiger partial charge >= 0.3 is 6.18 Å². The Hall–Kier alpha value is -1.89. The third-order valence-corrected chi connectivity index (χ3v) is 2.87. The molecule has 0 saturated carbocycles. The van der Waals surface area contributed by atoms with Crippen molar-refractivity contribution in [2.75, 3.05) is 13.6 Å². The topological polar surface area (TPSA) is 42.2 Å². The Morgan fingerprint density at radius 3 is 2.35 bits per heavy atom. The first kappa shape index (κ1) is 14.5. The van der Waals surface area contributed by atoms with E-state index in [1.54, 1.807) is 0 Å². The summed E-state index contributed by atoms with van der Waals surface area (Å²) in [6, 6.07) is 4.64. The summed E-state index contributed by atoms with van der Waals surface area (Å²) in [5.74, 6) is 0.655. The minimum Gasteiger partial charge on any atom is -0.419 e. The highest BCUT2D eigenvalue weighted by atomic mass is 19.4. The van der Waals surface area contributed by atoms with Gasteiger partial charge in [0.25, 0.3) is 0 Å². The van der Waals surface area contributed by atoms with Crippen LogP contribution in [0.3, 0.4) is 0 Å². The second kappa shape index (κ2) is 5.62. The van der Waals surface area contributed by atoms with Crippen molar-refractivity contribution in [3.8, 4) is 11.5 Å². The van der Waals surface area contributed by atoms with Gasteiger partial charge in [-0.2, -0.15) is 13.2 Å². The lowest BCUT2D eigenvalue weighted by Crippen LogP contribution is -2.16. The van der Waals surface area contributed by atoms with Crippen LogP contribution in [0.15, 0.2) is 28.7 Å². The van der Waals surface area contributed by atoms with E-state index in [2.05, 4.69) is 10.2 Å². The lowest BCUT2D eigenvalue weighted by Gasteiger charge is -2.09. The molecular weight excluding hydrogens is 271 g/mol. The largest absolute Gasteiger partial charge is 0.419 e. The summed E-state index contributed by atoms with van der Waals surface area (Å²) < 4.78 is 42.8. The van der Waals surface area contributed by atoms with Crippen molar-refractivity contribution < 1.29 is 17.6 Å². The number of benzene rings is 1. The molecule has 0 fully saturated rings. The molecule has 0 N–H and O–H groups in total. The summed E-state index contributed by atoms with van der Waals surface area (Å²) >= 11 is 0. The minimum atomic E-state index is -4.34. The van der Waals surface area contributed by atoms with Gasteiger partial charge < -0.3 is 4.42 Å². The van der Waals surface area contributed by atoms with Crippen molar-refractivity contribution in [1.29, 1.82) is 0 Å². The number of hydrogen-bond acceptors (Lipinski definition) is 4. The van der Waals surface area contributed by atoms with Crippen molar-refractivity contribution in [2.24, 2.45) is 0 Å². The van der Waals surface area contributed by atoms with Gasteiger partial charge in [0.2, 0.25) is 11.8 Å². The van der Waals surface area contributed by atoms with Gasteiger partial charge in [-0.1, -0.05) is 6.92 Å². The predicted molar refractivity (Wildman–Crippen MR) is 66.7 cm³/mol. The van der Waals surface area contributed by atoms with Crippen LogP contribution in [0.25, 0.3) is 11.5 Å². The zero-order chi connectivity index (χ0) is 14.8. The van der Waals surface area contributed by atoms with Gasteiger partial charge in [-0.3, -0.25) is 4.90 Å². The fourth-order valence-electron chi connectivity index (χ4n) is 1.58. The smallest absolute Gasteiger partial charge is 0.416 e. The number of aromatic nitrogens is 2. The van der Waals surface area contributed by atoms with Crippen molar-refractivity contribution in [3.63, 3.8) is 0 Å². The highest BCUT2D eigenvalue weighted by molar-refractivity contribution is 5.53. The molecule has 0 amide bonds. The average molecular weight is 285 g/mol. The molecule has 2 aromatic rings. The molecule has 0 aliphatic carbocycles. The van der Waals surface area contributed by atoms with Crippen LogP contribution in [0.4, 0.5) is 13.2 Å². The Kier molecular flexibility index (Phi) is 4.08. The van der Waals surface area contributed by atoms with Crippen LogP contribution >= 0.6 is 0 Å².